The van der Waals surface area contributed by atoms with Gasteiger partial charge >= 0.3 is 6.09 Å². The Morgan fingerprint density at radius 1 is 1.29 bits per heavy atom. The number of rotatable bonds is 5. The summed E-state index contributed by atoms with van der Waals surface area (Å²) in [5, 5.41) is 3.43. The van der Waals surface area contributed by atoms with Crippen LogP contribution in [0.5, 0.6) is 0 Å². The molecule has 0 aromatic heterocycles. The predicted octanol–water partition coefficient (Wildman–Crippen LogP) is 4.12. The molecule has 1 aromatic rings. The third kappa shape index (κ3) is 6.52. The molecule has 0 saturated carbocycles. The number of hydrogen-bond acceptors (Lipinski definition) is 3. The fourth-order valence-corrected chi connectivity index (χ4v) is 1.80. The van der Waals surface area contributed by atoms with Crippen LogP contribution >= 0.6 is 0 Å². The zero-order chi connectivity index (χ0) is 16.0. The molecule has 1 N–H and O–H groups in total. The second kappa shape index (κ2) is 7.34. The van der Waals surface area contributed by atoms with E-state index in [0.717, 1.165) is 17.8 Å². The third-order valence-corrected chi connectivity index (χ3v) is 2.83. The molecule has 0 heterocycles. The molecule has 0 aliphatic rings. The van der Waals surface area contributed by atoms with E-state index in [0.29, 0.717) is 12.5 Å². The number of nitrogens with one attached hydrogen (secondary N) is 1. The highest BCUT2D eigenvalue weighted by atomic mass is 16.6. The Morgan fingerprint density at radius 3 is 2.48 bits per heavy atom. The second-order valence-corrected chi connectivity index (χ2v) is 6.77. The van der Waals surface area contributed by atoms with Crippen molar-refractivity contribution in [3.8, 4) is 0 Å². The first-order valence-corrected chi connectivity index (χ1v) is 7.45. The van der Waals surface area contributed by atoms with Gasteiger partial charge in [0, 0.05) is 19.3 Å². The van der Waals surface area contributed by atoms with Crippen LogP contribution in [0.15, 0.2) is 24.3 Å². The van der Waals surface area contributed by atoms with Gasteiger partial charge in [-0.2, -0.15) is 0 Å². The van der Waals surface area contributed by atoms with Gasteiger partial charge in [-0.15, -0.1) is 0 Å². The molecule has 0 fully saturated rings. The number of hydrogen-bond donors (Lipinski definition) is 1. The van der Waals surface area contributed by atoms with Gasteiger partial charge < -0.3 is 15.0 Å². The lowest BCUT2D eigenvalue weighted by molar-refractivity contribution is 0.0285. The molecule has 118 valence electrons. The summed E-state index contributed by atoms with van der Waals surface area (Å²) in [5.41, 5.74) is 1.69. The summed E-state index contributed by atoms with van der Waals surface area (Å²) in [4.78, 5) is 13.6. The molecule has 0 spiro atoms. The van der Waals surface area contributed by atoms with Crippen molar-refractivity contribution >= 4 is 11.8 Å². The first kappa shape index (κ1) is 17.3. The summed E-state index contributed by atoms with van der Waals surface area (Å²) in [6.07, 6.45) is -0.304. The molecule has 1 rings (SSSR count). The fourth-order valence-electron chi connectivity index (χ4n) is 1.80. The first-order chi connectivity index (χ1) is 9.69. The van der Waals surface area contributed by atoms with Crippen LogP contribution in [0.4, 0.5) is 10.5 Å². The number of nitrogens with zero attached hydrogens (tertiary/aromatic N) is 1. The SMILES string of the molecule is CC(C)CNc1ccccc1CN(C)C(=O)OC(C)(C)C. The van der Waals surface area contributed by atoms with Gasteiger partial charge in [0.15, 0.2) is 0 Å². The van der Waals surface area contributed by atoms with Crippen molar-refractivity contribution in [2.24, 2.45) is 5.92 Å². The van der Waals surface area contributed by atoms with Crippen molar-refractivity contribution in [1.29, 1.82) is 0 Å². The maximum atomic E-state index is 12.0. The Morgan fingerprint density at radius 2 is 1.90 bits per heavy atom. The van der Waals surface area contributed by atoms with Gasteiger partial charge in [-0.25, -0.2) is 4.79 Å². The average molecular weight is 292 g/mol. The Balaban J connectivity index is 2.71. The lowest BCUT2D eigenvalue weighted by Gasteiger charge is -2.25. The minimum atomic E-state index is -0.471. The van der Waals surface area contributed by atoms with Crippen LogP contribution in [0.2, 0.25) is 0 Å². The van der Waals surface area contributed by atoms with E-state index >= 15 is 0 Å². The summed E-state index contributed by atoms with van der Waals surface area (Å²) >= 11 is 0. The molecule has 4 heteroatoms. The zero-order valence-electron chi connectivity index (χ0n) is 14.1. The minimum absolute atomic E-state index is 0.304. The predicted molar refractivity (Wildman–Crippen MR) is 87.5 cm³/mol. The van der Waals surface area contributed by atoms with Crippen molar-refractivity contribution in [3.63, 3.8) is 0 Å². The van der Waals surface area contributed by atoms with Gasteiger partial charge in [0.05, 0.1) is 6.54 Å². The molecular weight excluding hydrogens is 264 g/mol. The molecule has 0 aliphatic carbocycles. The summed E-state index contributed by atoms with van der Waals surface area (Å²) < 4.78 is 5.38. The number of carbonyl (C=O) groups excluding carboxylic acids is 1. The molecule has 1 amide bonds. The molecule has 0 aliphatic heterocycles. The highest BCUT2D eigenvalue weighted by Gasteiger charge is 2.20. The lowest BCUT2D eigenvalue weighted by atomic mass is 10.1. The average Bonchev–Trinajstić information content (AvgIpc) is 2.35. The van der Waals surface area contributed by atoms with E-state index in [9.17, 15) is 4.79 Å². The summed E-state index contributed by atoms with van der Waals surface area (Å²) in [6.45, 7) is 11.4. The van der Waals surface area contributed by atoms with Gasteiger partial charge in [0.25, 0.3) is 0 Å². The Bertz CT molecular complexity index is 464. The van der Waals surface area contributed by atoms with E-state index in [2.05, 4.69) is 19.2 Å². The number of amides is 1. The van der Waals surface area contributed by atoms with Crippen LogP contribution < -0.4 is 5.32 Å². The van der Waals surface area contributed by atoms with Crippen molar-refractivity contribution in [1.82, 2.24) is 4.90 Å². The maximum Gasteiger partial charge on any atom is 0.410 e. The first-order valence-electron chi connectivity index (χ1n) is 7.45. The van der Waals surface area contributed by atoms with E-state index in [-0.39, 0.29) is 6.09 Å². The topological polar surface area (TPSA) is 41.6 Å². The van der Waals surface area contributed by atoms with Crippen LogP contribution in [0.1, 0.15) is 40.2 Å². The second-order valence-electron chi connectivity index (χ2n) is 6.77. The van der Waals surface area contributed by atoms with E-state index in [1.54, 1.807) is 11.9 Å². The van der Waals surface area contributed by atoms with Crippen molar-refractivity contribution in [2.45, 2.75) is 46.8 Å². The van der Waals surface area contributed by atoms with E-state index in [1.165, 1.54) is 0 Å². The van der Waals surface area contributed by atoms with Crippen LogP contribution in [0.25, 0.3) is 0 Å². The third-order valence-electron chi connectivity index (χ3n) is 2.83. The number of benzene rings is 1. The summed E-state index contributed by atoms with van der Waals surface area (Å²) in [5.74, 6) is 0.571. The largest absolute Gasteiger partial charge is 0.444 e. The zero-order valence-corrected chi connectivity index (χ0v) is 14.1. The van der Waals surface area contributed by atoms with Crippen LogP contribution in [-0.2, 0) is 11.3 Å². The highest BCUT2D eigenvalue weighted by Crippen LogP contribution is 2.18. The molecule has 1 aromatic carbocycles. The smallest absolute Gasteiger partial charge is 0.410 e. The van der Waals surface area contributed by atoms with Gasteiger partial charge in [-0.3, -0.25) is 0 Å². The molecule has 21 heavy (non-hydrogen) atoms. The monoisotopic (exact) mass is 292 g/mol. The van der Waals surface area contributed by atoms with E-state index in [4.69, 9.17) is 4.74 Å². The van der Waals surface area contributed by atoms with Gasteiger partial charge in [0.2, 0.25) is 0 Å². The normalized spacial score (nSPS) is 11.4. The number of para-hydroxylation sites is 1. The quantitative estimate of drug-likeness (QED) is 0.887. The summed E-state index contributed by atoms with van der Waals surface area (Å²) in [7, 11) is 1.76. The molecule has 0 unspecified atom stereocenters. The van der Waals surface area contributed by atoms with Crippen LogP contribution in [0, 0.1) is 5.92 Å². The molecule has 0 radical (unpaired) electrons. The van der Waals surface area contributed by atoms with Gasteiger partial charge in [-0.05, 0) is 38.3 Å². The van der Waals surface area contributed by atoms with E-state index < -0.39 is 5.60 Å². The Kier molecular flexibility index (Phi) is 6.06. The maximum absolute atomic E-state index is 12.0. The van der Waals surface area contributed by atoms with Crippen LogP contribution in [-0.4, -0.2) is 30.2 Å². The number of anilines is 1. The molecule has 0 bridgehead atoms. The van der Waals surface area contributed by atoms with Crippen molar-refractivity contribution in [3.05, 3.63) is 29.8 Å². The standard InChI is InChI=1S/C17H28N2O2/c1-13(2)11-18-15-10-8-7-9-14(15)12-19(6)16(20)21-17(3,4)5/h7-10,13,18H,11-12H2,1-6H3. The lowest BCUT2D eigenvalue weighted by Crippen LogP contribution is -2.34. The number of ether oxygens (including phenoxy) is 1. The molecular formula is C17H28N2O2. The summed E-state index contributed by atoms with van der Waals surface area (Å²) in [6, 6.07) is 8.06. The number of carbonyl (C=O) groups is 1. The Labute approximate surface area is 128 Å². The molecule has 0 atom stereocenters. The highest BCUT2D eigenvalue weighted by molar-refractivity contribution is 5.68. The Hall–Kier alpha value is -1.71. The fraction of sp³-hybridized carbons (Fsp3) is 0.588. The minimum Gasteiger partial charge on any atom is -0.444 e. The van der Waals surface area contributed by atoms with Gasteiger partial charge in [0.1, 0.15) is 5.60 Å². The van der Waals surface area contributed by atoms with Gasteiger partial charge in [-0.1, -0.05) is 32.0 Å². The van der Waals surface area contributed by atoms with Crippen LogP contribution in [0.3, 0.4) is 0 Å². The van der Waals surface area contributed by atoms with E-state index in [1.807, 2.05) is 45.0 Å². The van der Waals surface area contributed by atoms with Crippen molar-refractivity contribution < 1.29 is 9.53 Å². The molecule has 4 nitrogen and oxygen atoms in total. The molecule has 0 saturated heterocycles. The van der Waals surface area contributed by atoms with Crippen molar-refractivity contribution in [2.75, 3.05) is 18.9 Å².